The molecule has 3 heterocycles. The van der Waals surface area contributed by atoms with E-state index >= 15 is 0 Å². The minimum Gasteiger partial charge on any atom is -0.504 e. The van der Waals surface area contributed by atoms with Crippen molar-refractivity contribution < 1.29 is 20.1 Å². The summed E-state index contributed by atoms with van der Waals surface area (Å²) in [6.45, 7) is 2.31. The first-order valence-electron chi connectivity index (χ1n) is 8.39. The third kappa shape index (κ3) is 2.65. The second-order valence-electron chi connectivity index (χ2n) is 6.50. The summed E-state index contributed by atoms with van der Waals surface area (Å²) < 4.78 is 5.14. The molecule has 1 aromatic rings. The van der Waals surface area contributed by atoms with Crippen LogP contribution in [-0.4, -0.2) is 34.7 Å². The van der Waals surface area contributed by atoms with Gasteiger partial charge in [0.05, 0.1) is 0 Å². The minimum atomic E-state index is -1.52. The van der Waals surface area contributed by atoms with E-state index in [0.29, 0.717) is 5.76 Å². The molecule has 5 nitrogen and oxygen atoms in total. The largest absolute Gasteiger partial charge is 0.504 e. The van der Waals surface area contributed by atoms with Crippen LogP contribution in [0.15, 0.2) is 41.6 Å². The van der Waals surface area contributed by atoms with Gasteiger partial charge in [0, 0.05) is 24.9 Å². The average Bonchev–Trinajstić information content (AvgIpc) is 2.58. The van der Waals surface area contributed by atoms with E-state index in [4.69, 9.17) is 4.74 Å². The number of allylic oxidation sites excluding steroid dienone is 2. The standard InChI is InChI=1S/C19H21NO4/c21-16-11-15(24-19(23)18(16)22)6-5-12-9-13-3-1-7-20-8-2-4-14(10-12)17(13)20/h5-6,9-11,19,21-23H,1-4,7-8H2/b6-5+. The molecule has 1 unspecified atom stereocenters. The van der Waals surface area contributed by atoms with Crippen LogP contribution in [-0.2, 0) is 17.6 Å². The zero-order chi connectivity index (χ0) is 16.7. The van der Waals surface area contributed by atoms with Crippen molar-refractivity contribution in [2.24, 2.45) is 0 Å². The predicted octanol–water partition coefficient (Wildman–Crippen LogP) is 2.96. The third-order valence-electron chi connectivity index (χ3n) is 4.82. The highest BCUT2D eigenvalue weighted by atomic mass is 16.6. The van der Waals surface area contributed by atoms with E-state index in [1.54, 1.807) is 6.08 Å². The Labute approximate surface area is 140 Å². The van der Waals surface area contributed by atoms with Gasteiger partial charge in [-0.2, -0.15) is 0 Å². The SMILES string of the molecule is OC1=C(O)C(O)OC(/C=C/c2cc3c4c(c2)CCCN4CCC3)=C1. The van der Waals surface area contributed by atoms with Gasteiger partial charge >= 0.3 is 0 Å². The number of aliphatic hydroxyl groups is 3. The summed E-state index contributed by atoms with van der Waals surface area (Å²) in [5.74, 6) is -0.624. The van der Waals surface area contributed by atoms with Crippen molar-refractivity contribution in [3.8, 4) is 0 Å². The molecule has 0 aromatic heterocycles. The maximum atomic E-state index is 9.57. The van der Waals surface area contributed by atoms with Gasteiger partial charge in [0.25, 0.3) is 6.29 Å². The van der Waals surface area contributed by atoms with Gasteiger partial charge in [-0.15, -0.1) is 0 Å². The molecule has 4 rings (SSSR count). The van der Waals surface area contributed by atoms with E-state index in [0.717, 1.165) is 31.5 Å². The van der Waals surface area contributed by atoms with Crippen LogP contribution in [0.3, 0.4) is 0 Å². The normalized spacial score (nSPS) is 23.1. The number of hydrogen-bond acceptors (Lipinski definition) is 5. The van der Waals surface area contributed by atoms with Crippen LogP contribution in [0, 0.1) is 0 Å². The molecule has 0 aliphatic carbocycles. The fraction of sp³-hybridized carbons (Fsp3) is 0.368. The van der Waals surface area contributed by atoms with Crippen LogP contribution >= 0.6 is 0 Å². The Balaban J connectivity index is 1.63. The lowest BCUT2D eigenvalue weighted by atomic mass is 9.90. The van der Waals surface area contributed by atoms with E-state index in [9.17, 15) is 15.3 Å². The van der Waals surface area contributed by atoms with Crippen molar-refractivity contribution >= 4 is 11.8 Å². The van der Waals surface area contributed by atoms with Gasteiger partial charge in [-0.1, -0.05) is 6.08 Å². The van der Waals surface area contributed by atoms with Gasteiger partial charge < -0.3 is 25.0 Å². The van der Waals surface area contributed by atoms with E-state index in [2.05, 4.69) is 17.0 Å². The molecule has 5 heteroatoms. The number of benzene rings is 1. The molecular formula is C19H21NO4. The Hall–Kier alpha value is -2.40. The van der Waals surface area contributed by atoms with Gasteiger partial charge in [-0.3, -0.25) is 0 Å². The molecule has 0 bridgehead atoms. The molecular weight excluding hydrogens is 306 g/mol. The Bertz CT molecular complexity index is 732. The Morgan fingerprint density at radius 1 is 1.04 bits per heavy atom. The van der Waals surface area contributed by atoms with E-state index in [1.165, 1.54) is 35.7 Å². The van der Waals surface area contributed by atoms with Crippen LogP contribution in [0.25, 0.3) is 6.08 Å². The highest BCUT2D eigenvalue weighted by molar-refractivity contribution is 5.68. The number of hydrogen-bond donors (Lipinski definition) is 3. The predicted molar refractivity (Wildman–Crippen MR) is 91.8 cm³/mol. The minimum absolute atomic E-state index is 0.311. The molecule has 126 valence electrons. The van der Waals surface area contributed by atoms with Gasteiger partial charge in [-0.05, 0) is 60.6 Å². The summed E-state index contributed by atoms with van der Waals surface area (Å²) in [5.41, 5.74) is 5.32. The number of aryl methyl sites for hydroxylation is 2. The van der Waals surface area contributed by atoms with Crippen LogP contribution in [0.1, 0.15) is 29.5 Å². The number of ether oxygens (including phenoxy) is 1. The second kappa shape index (κ2) is 5.91. The summed E-state index contributed by atoms with van der Waals surface area (Å²) in [7, 11) is 0. The molecule has 0 saturated heterocycles. The summed E-state index contributed by atoms with van der Waals surface area (Å²) >= 11 is 0. The van der Waals surface area contributed by atoms with Gasteiger partial charge in [0.15, 0.2) is 5.76 Å². The molecule has 1 atom stereocenters. The first-order valence-corrected chi connectivity index (χ1v) is 8.39. The fourth-order valence-corrected chi connectivity index (χ4v) is 3.75. The molecule has 0 amide bonds. The van der Waals surface area contributed by atoms with Gasteiger partial charge in [0.2, 0.25) is 5.76 Å². The molecule has 3 aliphatic rings. The molecule has 3 N–H and O–H groups in total. The summed E-state index contributed by atoms with van der Waals surface area (Å²) in [4.78, 5) is 2.50. The zero-order valence-electron chi connectivity index (χ0n) is 13.4. The van der Waals surface area contributed by atoms with Crippen molar-refractivity contribution in [2.45, 2.75) is 32.0 Å². The lowest BCUT2D eigenvalue weighted by Crippen LogP contribution is -2.34. The van der Waals surface area contributed by atoms with E-state index in [1.807, 2.05) is 6.08 Å². The number of rotatable bonds is 2. The summed E-state index contributed by atoms with van der Waals surface area (Å²) in [6.07, 6.45) is 7.99. The first kappa shape index (κ1) is 15.1. The summed E-state index contributed by atoms with van der Waals surface area (Å²) in [6, 6.07) is 4.42. The Morgan fingerprint density at radius 2 is 1.71 bits per heavy atom. The van der Waals surface area contributed by atoms with E-state index in [-0.39, 0.29) is 5.76 Å². The van der Waals surface area contributed by atoms with Crippen molar-refractivity contribution in [1.82, 2.24) is 0 Å². The van der Waals surface area contributed by atoms with Crippen molar-refractivity contribution in [1.29, 1.82) is 0 Å². The topological polar surface area (TPSA) is 73.2 Å². The van der Waals surface area contributed by atoms with Crippen molar-refractivity contribution in [3.63, 3.8) is 0 Å². The third-order valence-corrected chi connectivity index (χ3v) is 4.82. The lowest BCUT2D eigenvalue weighted by molar-refractivity contribution is -0.0653. The van der Waals surface area contributed by atoms with Crippen molar-refractivity contribution in [3.05, 3.63) is 58.3 Å². The fourth-order valence-electron chi connectivity index (χ4n) is 3.75. The Morgan fingerprint density at radius 3 is 2.33 bits per heavy atom. The maximum Gasteiger partial charge on any atom is 0.259 e. The molecule has 0 fully saturated rings. The highest BCUT2D eigenvalue weighted by Gasteiger charge is 2.24. The smallest absolute Gasteiger partial charge is 0.259 e. The second-order valence-corrected chi connectivity index (χ2v) is 6.50. The monoisotopic (exact) mass is 327 g/mol. The maximum absolute atomic E-state index is 9.57. The molecule has 0 spiro atoms. The highest BCUT2D eigenvalue weighted by Crippen LogP contribution is 2.36. The molecule has 3 aliphatic heterocycles. The van der Waals surface area contributed by atoms with Crippen molar-refractivity contribution in [2.75, 3.05) is 18.0 Å². The first-order chi connectivity index (χ1) is 11.6. The number of nitrogens with zero attached hydrogens (tertiary/aromatic N) is 1. The van der Waals surface area contributed by atoms with Crippen LogP contribution in [0.4, 0.5) is 5.69 Å². The molecule has 0 saturated carbocycles. The summed E-state index contributed by atoms with van der Waals surface area (Å²) in [5, 5.41) is 28.5. The lowest BCUT2D eigenvalue weighted by Gasteiger charge is -2.37. The zero-order valence-corrected chi connectivity index (χ0v) is 13.4. The van der Waals surface area contributed by atoms with Gasteiger partial charge in [-0.25, -0.2) is 0 Å². The van der Waals surface area contributed by atoms with E-state index < -0.39 is 12.0 Å². The molecule has 0 radical (unpaired) electrons. The van der Waals surface area contributed by atoms with Crippen LogP contribution in [0.5, 0.6) is 0 Å². The quantitative estimate of drug-likeness (QED) is 0.779. The van der Waals surface area contributed by atoms with Crippen LogP contribution < -0.4 is 4.90 Å². The van der Waals surface area contributed by atoms with Gasteiger partial charge in [0.1, 0.15) is 5.76 Å². The Kier molecular flexibility index (Phi) is 3.73. The van der Waals surface area contributed by atoms with Crippen LogP contribution in [0.2, 0.25) is 0 Å². The molecule has 1 aromatic carbocycles. The molecule has 24 heavy (non-hydrogen) atoms. The number of aliphatic hydroxyl groups excluding tert-OH is 3. The average molecular weight is 327 g/mol. The number of anilines is 1.